The molecule has 0 bridgehead atoms. The number of hydrogen-bond donors (Lipinski definition) is 3. The van der Waals surface area contributed by atoms with E-state index in [1.54, 1.807) is 42.5 Å². The van der Waals surface area contributed by atoms with E-state index < -0.39 is 21.8 Å². The summed E-state index contributed by atoms with van der Waals surface area (Å²) in [7, 11) is -2.35. The Kier molecular flexibility index (Phi) is 6.94. The normalized spacial score (nSPS) is 11.2. The number of methoxy groups -OCH3 is 1. The Morgan fingerprint density at radius 1 is 1.09 bits per heavy atom. The molecule has 0 saturated carbocycles. The van der Waals surface area contributed by atoms with E-state index in [1.807, 2.05) is 0 Å². The van der Waals surface area contributed by atoms with Crippen LogP contribution in [-0.2, 0) is 14.8 Å². The average Bonchev–Trinajstić information content (AvgIpc) is 3.25. The summed E-state index contributed by atoms with van der Waals surface area (Å²) in [5.74, 6) is -0.491. The first-order chi connectivity index (χ1) is 16.7. The minimum Gasteiger partial charge on any atom is -0.497 e. The van der Waals surface area contributed by atoms with Gasteiger partial charge >= 0.3 is 0 Å². The van der Waals surface area contributed by atoms with Crippen LogP contribution in [0.5, 0.6) is 5.75 Å². The van der Waals surface area contributed by atoms with Crippen molar-refractivity contribution in [3.8, 4) is 5.75 Å². The van der Waals surface area contributed by atoms with Crippen molar-refractivity contribution in [1.82, 2.24) is 4.98 Å². The highest BCUT2D eigenvalue weighted by Gasteiger charge is 2.18. The third-order valence-electron chi connectivity index (χ3n) is 4.79. The molecule has 10 nitrogen and oxygen atoms in total. The number of amides is 2. The van der Waals surface area contributed by atoms with Gasteiger partial charge in [-0.2, -0.15) is 0 Å². The van der Waals surface area contributed by atoms with Crippen LogP contribution < -0.4 is 20.5 Å². The van der Waals surface area contributed by atoms with E-state index in [0.717, 1.165) is 11.8 Å². The van der Waals surface area contributed by atoms with Crippen molar-refractivity contribution in [2.45, 2.75) is 10.1 Å². The molecule has 0 aliphatic rings. The highest BCUT2D eigenvalue weighted by Crippen LogP contribution is 2.27. The van der Waals surface area contributed by atoms with Crippen LogP contribution in [0.2, 0.25) is 0 Å². The second-order valence-corrected chi connectivity index (χ2v) is 9.80. The minimum absolute atomic E-state index is 0.00599. The fourth-order valence-corrected chi connectivity index (χ4v) is 4.83. The first-order valence-corrected chi connectivity index (χ1v) is 12.6. The number of rotatable bonds is 9. The first kappa shape index (κ1) is 24.1. The van der Waals surface area contributed by atoms with Crippen molar-refractivity contribution in [3.63, 3.8) is 0 Å². The van der Waals surface area contributed by atoms with Crippen LogP contribution in [0.3, 0.4) is 0 Å². The summed E-state index contributed by atoms with van der Waals surface area (Å²) in [4.78, 5) is 28.1. The fourth-order valence-electron chi connectivity index (χ4n) is 3.11. The first-order valence-electron chi connectivity index (χ1n) is 10.1. The van der Waals surface area contributed by atoms with Crippen LogP contribution >= 0.6 is 11.8 Å². The number of fused-ring (bicyclic) bond motifs is 1. The van der Waals surface area contributed by atoms with Gasteiger partial charge in [-0.1, -0.05) is 23.9 Å². The van der Waals surface area contributed by atoms with Crippen LogP contribution in [0.1, 0.15) is 10.4 Å². The molecule has 12 heteroatoms. The molecule has 180 valence electrons. The predicted molar refractivity (Wildman–Crippen MR) is 132 cm³/mol. The van der Waals surface area contributed by atoms with Crippen LogP contribution in [-0.4, -0.2) is 38.1 Å². The van der Waals surface area contributed by atoms with Crippen LogP contribution in [0.15, 0.2) is 81.3 Å². The van der Waals surface area contributed by atoms with E-state index in [1.165, 1.54) is 31.4 Å². The maximum atomic E-state index is 12.8. The van der Waals surface area contributed by atoms with E-state index in [0.29, 0.717) is 28.2 Å². The standard InChI is InChI=1S/C23H20N4O6S2/c1-32-15-8-6-14(7-9-15)27-35(30,31)16-10-11-20-19(12-16)26-23(33-20)34-13-21(28)25-18-5-3-2-4-17(18)22(24)29/h2-12,27H,13H2,1H3,(H2,24,29)(H,25,28). The third kappa shape index (κ3) is 5.73. The Hall–Kier alpha value is -4.03. The maximum absolute atomic E-state index is 12.8. The van der Waals surface area contributed by atoms with Gasteiger partial charge in [0.1, 0.15) is 11.3 Å². The zero-order valence-corrected chi connectivity index (χ0v) is 20.0. The van der Waals surface area contributed by atoms with E-state index in [4.69, 9.17) is 14.9 Å². The topological polar surface area (TPSA) is 154 Å². The molecule has 3 aromatic carbocycles. The van der Waals surface area contributed by atoms with Crippen LogP contribution in [0, 0.1) is 0 Å². The molecule has 0 aliphatic carbocycles. The Bertz CT molecular complexity index is 1500. The number of ether oxygens (including phenoxy) is 1. The highest BCUT2D eigenvalue weighted by molar-refractivity contribution is 7.99. The SMILES string of the molecule is COc1ccc(NS(=O)(=O)c2ccc3oc(SCC(=O)Nc4ccccc4C(N)=O)nc3c2)cc1. The van der Waals surface area contributed by atoms with Crippen molar-refractivity contribution < 1.29 is 27.2 Å². The molecular weight excluding hydrogens is 492 g/mol. The van der Waals surface area contributed by atoms with Gasteiger partial charge in [0.2, 0.25) is 5.91 Å². The lowest BCUT2D eigenvalue weighted by Crippen LogP contribution is -2.19. The van der Waals surface area contributed by atoms with Gasteiger partial charge in [-0.25, -0.2) is 13.4 Å². The molecule has 0 radical (unpaired) electrons. The van der Waals surface area contributed by atoms with Gasteiger partial charge < -0.3 is 20.2 Å². The molecule has 0 atom stereocenters. The van der Waals surface area contributed by atoms with Gasteiger partial charge in [0.25, 0.3) is 21.2 Å². The number of primary amides is 1. The molecule has 2 amide bonds. The quantitative estimate of drug-likeness (QED) is 0.288. The number of hydrogen-bond acceptors (Lipinski definition) is 8. The number of aromatic nitrogens is 1. The minimum atomic E-state index is -3.87. The van der Waals surface area contributed by atoms with E-state index in [-0.39, 0.29) is 21.4 Å². The number of carbonyl (C=O) groups excluding carboxylic acids is 2. The van der Waals surface area contributed by atoms with Gasteiger partial charge in [0, 0.05) is 5.69 Å². The summed E-state index contributed by atoms with van der Waals surface area (Å²) in [5, 5.41) is 2.82. The Labute approximate surface area is 204 Å². The summed E-state index contributed by atoms with van der Waals surface area (Å²) in [6, 6.07) is 17.2. The number of benzene rings is 3. The molecule has 4 aromatic rings. The largest absolute Gasteiger partial charge is 0.497 e. The number of oxazole rings is 1. The van der Waals surface area contributed by atoms with Gasteiger partial charge in [0.15, 0.2) is 5.58 Å². The lowest BCUT2D eigenvalue weighted by atomic mass is 10.1. The number of nitrogens with one attached hydrogen (secondary N) is 2. The summed E-state index contributed by atoms with van der Waals surface area (Å²) >= 11 is 1.02. The Morgan fingerprint density at radius 2 is 1.83 bits per heavy atom. The molecule has 4 N–H and O–H groups in total. The van der Waals surface area contributed by atoms with Gasteiger partial charge in [-0.15, -0.1) is 0 Å². The van der Waals surface area contributed by atoms with Crippen LogP contribution in [0.4, 0.5) is 11.4 Å². The lowest BCUT2D eigenvalue weighted by Gasteiger charge is -2.08. The highest BCUT2D eigenvalue weighted by atomic mass is 32.2. The van der Waals surface area contributed by atoms with Crippen molar-refractivity contribution in [2.24, 2.45) is 5.73 Å². The average molecular weight is 513 g/mol. The van der Waals surface area contributed by atoms with Crippen molar-refractivity contribution in [2.75, 3.05) is 22.9 Å². The van der Waals surface area contributed by atoms with Crippen molar-refractivity contribution >= 4 is 56.1 Å². The van der Waals surface area contributed by atoms with E-state index in [2.05, 4.69) is 15.0 Å². The summed E-state index contributed by atoms with van der Waals surface area (Å²) in [6.07, 6.45) is 0. The monoisotopic (exact) mass is 512 g/mol. The molecule has 35 heavy (non-hydrogen) atoms. The number of nitrogens with zero attached hydrogens (tertiary/aromatic N) is 1. The molecular formula is C23H20N4O6S2. The van der Waals surface area contributed by atoms with Crippen molar-refractivity contribution in [3.05, 3.63) is 72.3 Å². The number of carbonyl (C=O) groups is 2. The molecule has 0 aliphatic heterocycles. The summed E-state index contributed by atoms with van der Waals surface area (Å²) in [6.45, 7) is 0. The zero-order chi connectivity index (χ0) is 25.0. The molecule has 1 heterocycles. The number of para-hydroxylation sites is 1. The molecule has 1 aromatic heterocycles. The van der Waals surface area contributed by atoms with Gasteiger partial charge in [-0.3, -0.25) is 14.3 Å². The number of anilines is 2. The van der Waals surface area contributed by atoms with Crippen molar-refractivity contribution in [1.29, 1.82) is 0 Å². The second-order valence-electron chi connectivity index (χ2n) is 7.19. The summed E-state index contributed by atoms with van der Waals surface area (Å²) < 4.78 is 38.7. The molecule has 4 rings (SSSR count). The van der Waals surface area contributed by atoms with Crippen LogP contribution in [0.25, 0.3) is 11.1 Å². The van der Waals surface area contributed by atoms with E-state index >= 15 is 0 Å². The third-order valence-corrected chi connectivity index (χ3v) is 6.99. The fraction of sp³-hybridized carbons (Fsp3) is 0.0870. The predicted octanol–water partition coefficient (Wildman–Crippen LogP) is 3.47. The van der Waals surface area contributed by atoms with Gasteiger partial charge in [-0.05, 0) is 54.6 Å². The molecule has 0 saturated heterocycles. The Morgan fingerprint density at radius 3 is 2.54 bits per heavy atom. The van der Waals surface area contributed by atoms with Gasteiger partial charge in [0.05, 0.1) is 29.0 Å². The molecule has 0 spiro atoms. The zero-order valence-electron chi connectivity index (χ0n) is 18.3. The number of sulfonamides is 1. The molecule has 0 unspecified atom stereocenters. The summed E-state index contributed by atoms with van der Waals surface area (Å²) in [5.41, 5.74) is 6.90. The maximum Gasteiger partial charge on any atom is 0.261 e. The second kappa shape index (κ2) is 10.1. The van der Waals surface area contributed by atoms with E-state index in [9.17, 15) is 18.0 Å². The number of thioether (sulfide) groups is 1. The lowest BCUT2D eigenvalue weighted by molar-refractivity contribution is -0.113. The molecule has 0 fully saturated rings. The Balaban J connectivity index is 1.44. The number of nitrogens with two attached hydrogens (primary N) is 1. The smallest absolute Gasteiger partial charge is 0.261 e.